The third-order valence-corrected chi connectivity index (χ3v) is 3.26. The third-order valence-electron chi connectivity index (χ3n) is 3.26. The normalized spacial score (nSPS) is 14.7. The highest BCUT2D eigenvalue weighted by Crippen LogP contribution is 2.27. The van der Waals surface area contributed by atoms with E-state index in [1.54, 1.807) is 25.3 Å². The molecule has 1 aliphatic rings. The molecule has 0 spiro atoms. The van der Waals surface area contributed by atoms with Gasteiger partial charge in [0.15, 0.2) is 11.5 Å². The van der Waals surface area contributed by atoms with E-state index in [2.05, 4.69) is 10.5 Å². The van der Waals surface area contributed by atoms with Crippen molar-refractivity contribution in [2.45, 2.75) is 25.7 Å². The second-order valence-corrected chi connectivity index (χ2v) is 4.70. The predicted octanol–water partition coefficient (Wildman–Crippen LogP) is 2.34. The summed E-state index contributed by atoms with van der Waals surface area (Å²) in [5, 5.41) is 0. The molecule has 114 valence electrons. The Balaban J connectivity index is 1.98. The van der Waals surface area contributed by atoms with E-state index < -0.39 is 5.97 Å². The number of methoxy groups -OCH3 is 2. The maximum Gasteiger partial charge on any atom is 0.363 e. The van der Waals surface area contributed by atoms with Crippen LogP contribution in [0.5, 0.6) is 11.5 Å². The Labute approximate surface area is 124 Å². The monoisotopic (exact) mass is 292 g/mol. The molecule has 6 heteroatoms. The molecule has 0 aromatic heterocycles. The highest BCUT2D eigenvalue weighted by Gasteiger charge is 2.13. The van der Waals surface area contributed by atoms with E-state index >= 15 is 0 Å². The second kappa shape index (κ2) is 7.52. The largest absolute Gasteiger partial charge is 0.493 e. The van der Waals surface area contributed by atoms with Gasteiger partial charge < -0.3 is 14.3 Å². The highest BCUT2D eigenvalue weighted by atomic mass is 16.7. The van der Waals surface area contributed by atoms with Crippen LogP contribution in [0.3, 0.4) is 0 Å². The SMILES string of the molecule is COc1ccc(C(=O)ONC2=NCCCCC2)cc1OC. The minimum atomic E-state index is -0.483. The van der Waals surface area contributed by atoms with Crippen LogP contribution in [0.15, 0.2) is 23.2 Å². The van der Waals surface area contributed by atoms with Crippen molar-refractivity contribution < 1.29 is 19.1 Å². The molecule has 1 aromatic carbocycles. The molecule has 0 aliphatic carbocycles. The first kappa shape index (κ1) is 15.2. The van der Waals surface area contributed by atoms with Crippen molar-refractivity contribution in [3.05, 3.63) is 23.8 Å². The van der Waals surface area contributed by atoms with Gasteiger partial charge in [0.05, 0.1) is 19.8 Å². The standard InChI is InChI=1S/C15H20N2O4/c1-19-12-8-7-11(10-13(12)20-2)15(18)21-17-14-6-4-3-5-9-16-14/h7-8,10H,3-6,9H2,1-2H3,(H,16,17). The molecule has 0 atom stereocenters. The molecule has 1 N–H and O–H groups in total. The molecule has 0 unspecified atom stereocenters. The van der Waals surface area contributed by atoms with Crippen LogP contribution in [0.25, 0.3) is 0 Å². The van der Waals surface area contributed by atoms with Gasteiger partial charge in [-0.3, -0.25) is 4.99 Å². The van der Waals surface area contributed by atoms with Crippen LogP contribution >= 0.6 is 0 Å². The second-order valence-electron chi connectivity index (χ2n) is 4.70. The van der Waals surface area contributed by atoms with Gasteiger partial charge in [-0.1, -0.05) is 6.42 Å². The summed E-state index contributed by atoms with van der Waals surface area (Å²) >= 11 is 0. The fourth-order valence-electron chi connectivity index (χ4n) is 2.08. The fourth-order valence-corrected chi connectivity index (χ4v) is 2.08. The molecule has 0 radical (unpaired) electrons. The number of hydroxylamine groups is 1. The zero-order valence-corrected chi connectivity index (χ0v) is 12.3. The summed E-state index contributed by atoms with van der Waals surface area (Å²) in [6.45, 7) is 0.774. The molecule has 1 aliphatic heterocycles. The van der Waals surface area contributed by atoms with E-state index in [9.17, 15) is 4.79 Å². The molecule has 0 saturated carbocycles. The average Bonchev–Trinajstić information content (AvgIpc) is 2.80. The molecule has 0 bridgehead atoms. The van der Waals surface area contributed by atoms with Gasteiger partial charge in [-0.15, -0.1) is 0 Å². The summed E-state index contributed by atoms with van der Waals surface area (Å²) in [7, 11) is 3.06. The molecular formula is C15H20N2O4. The van der Waals surface area contributed by atoms with Crippen LogP contribution in [0.1, 0.15) is 36.0 Å². The number of carbonyl (C=O) groups is 1. The Bertz CT molecular complexity index is 528. The van der Waals surface area contributed by atoms with E-state index in [4.69, 9.17) is 14.3 Å². The maximum absolute atomic E-state index is 12.0. The number of nitrogens with zero attached hydrogens (tertiary/aromatic N) is 1. The van der Waals surface area contributed by atoms with Gasteiger partial charge in [0, 0.05) is 13.0 Å². The molecule has 6 nitrogen and oxygen atoms in total. The van der Waals surface area contributed by atoms with Crippen molar-refractivity contribution in [1.82, 2.24) is 5.48 Å². The topological polar surface area (TPSA) is 69.2 Å². The van der Waals surface area contributed by atoms with Gasteiger partial charge >= 0.3 is 5.97 Å². The minimum Gasteiger partial charge on any atom is -0.493 e. The lowest BCUT2D eigenvalue weighted by molar-refractivity contribution is 0.0382. The summed E-state index contributed by atoms with van der Waals surface area (Å²) in [6.07, 6.45) is 4.09. The number of carbonyl (C=O) groups excluding carboxylic acids is 1. The Morgan fingerprint density at radius 2 is 1.95 bits per heavy atom. The van der Waals surface area contributed by atoms with Crippen LogP contribution in [0, 0.1) is 0 Å². The summed E-state index contributed by atoms with van der Waals surface area (Å²) in [4.78, 5) is 21.4. The smallest absolute Gasteiger partial charge is 0.363 e. The number of benzene rings is 1. The third kappa shape index (κ3) is 4.11. The molecular weight excluding hydrogens is 272 g/mol. The van der Waals surface area contributed by atoms with Crippen LogP contribution in [-0.2, 0) is 4.84 Å². The fraction of sp³-hybridized carbons (Fsp3) is 0.467. The highest BCUT2D eigenvalue weighted by molar-refractivity contribution is 5.91. The molecule has 0 saturated heterocycles. The number of hydrogen-bond donors (Lipinski definition) is 1. The molecule has 1 aromatic rings. The summed E-state index contributed by atoms with van der Waals surface area (Å²) in [5.41, 5.74) is 3.04. The number of amidine groups is 1. The van der Waals surface area contributed by atoms with E-state index in [1.807, 2.05) is 0 Å². The Hall–Kier alpha value is -2.24. The number of rotatable bonds is 3. The molecule has 0 amide bonds. The average molecular weight is 292 g/mol. The summed E-state index contributed by atoms with van der Waals surface area (Å²) in [5.74, 6) is 1.29. The van der Waals surface area contributed by atoms with Gasteiger partial charge in [-0.2, -0.15) is 0 Å². The van der Waals surface area contributed by atoms with Crippen molar-refractivity contribution in [3.63, 3.8) is 0 Å². The molecule has 21 heavy (non-hydrogen) atoms. The lowest BCUT2D eigenvalue weighted by Gasteiger charge is -2.10. The summed E-state index contributed by atoms with van der Waals surface area (Å²) < 4.78 is 10.3. The van der Waals surface area contributed by atoms with Crippen LogP contribution in [-0.4, -0.2) is 32.6 Å². The predicted molar refractivity (Wildman–Crippen MR) is 78.9 cm³/mol. The summed E-state index contributed by atoms with van der Waals surface area (Å²) in [6, 6.07) is 4.87. The maximum atomic E-state index is 12.0. The van der Waals surface area contributed by atoms with Crippen molar-refractivity contribution in [2.24, 2.45) is 4.99 Å². The zero-order valence-electron chi connectivity index (χ0n) is 12.3. The quantitative estimate of drug-likeness (QED) is 0.866. The Kier molecular flexibility index (Phi) is 5.43. The zero-order chi connectivity index (χ0) is 15.1. The van der Waals surface area contributed by atoms with Crippen LogP contribution in [0.2, 0.25) is 0 Å². The van der Waals surface area contributed by atoms with E-state index in [0.29, 0.717) is 17.1 Å². The molecule has 2 rings (SSSR count). The lowest BCUT2D eigenvalue weighted by Crippen LogP contribution is -2.27. The van der Waals surface area contributed by atoms with Crippen molar-refractivity contribution >= 4 is 11.8 Å². The first-order chi connectivity index (χ1) is 10.2. The van der Waals surface area contributed by atoms with Gasteiger partial charge in [0.25, 0.3) is 0 Å². The van der Waals surface area contributed by atoms with Gasteiger partial charge in [-0.05, 0) is 31.0 Å². The first-order valence-electron chi connectivity index (χ1n) is 6.97. The van der Waals surface area contributed by atoms with E-state index in [-0.39, 0.29) is 0 Å². The molecule has 1 heterocycles. The number of nitrogens with one attached hydrogen (secondary N) is 1. The van der Waals surface area contributed by atoms with Gasteiger partial charge in [0.1, 0.15) is 5.84 Å². The molecule has 0 fully saturated rings. The van der Waals surface area contributed by atoms with Gasteiger partial charge in [-0.25, -0.2) is 10.3 Å². The van der Waals surface area contributed by atoms with Gasteiger partial charge in [0.2, 0.25) is 0 Å². The van der Waals surface area contributed by atoms with Crippen LogP contribution in [0.4, 0.5) is 0 Å². The van der Waals surface area contributed by atoms with Crippen LogP contribution < -0.4 is 15.0 Å². The minimum absolute atomic E-state index is 0.384. The van der Waals surface area contributed by atoms with Crippen molar-refractivity contribution in [3.8, 4) is 11.5 Å². The first-order valence-corrected chi connectivity index (χ1v) is 6.97. The van der Waals surface area contributed by atoms with E-state index in [0.717, 1.165) is 38.1 Å². The van der Waals surface area contributed by atoms with Crippen molar-refractivity contribution in [2.75, 3.05) is 20.8 Å². The number of hydrogen-bond acceptors (Lipinski definition) is 6. The lowest BCUT2D eigenvalue weighted by atomic mass is 10.2. The Morgan fingerprint density at radius 1 is 1.14 bits per heavy atom. The number of aliphatic imine (C=N–C) groups is 1. The number of ether oxygens (including phenoxy) is 2. The van der Waals surface area contributed by atoms with Crippen molar-refractivity contribution in [1.29, 1.82) is 0 Å². The Morgan fingerprint density at radius 3 is 2.71 bits per heavy atom. The van der Waals surface area contributed by atoms with E-state index in [1.165, 1.54) is 7.11 Å².